The second kappa shape index (κ2) is 4.87. The average molecular weight is 247 g/mol. The van der Waals surface area contributed by atoms with Crippen LogP contribution in [-0.4, -0.2) is 9.91 Å². The third-order valence-electron chi connectivity index (χ3n) is 2.51. The molecule has 94 valence electrons. The standard InChI is InChI=1S/C12H13N3O3/c1-8-3-4-11(18-8)9(2)14-12-7-10(15(16)17)5-6-13-12/h3-7,9H,1-2H3,(H,13,14). The molecule has 6 nitrogen and oxygen atoms in total. The third kappa shape index (κ3) is 2.65. The molecule has 0 spiro atoms. The van der Waals surface area contributed by atoms with Crippen molar-refractivity contribution in [3.63, 3.8) is 0 Å². The van der Waals surface area contributed by atoms with Crippen LogP contribution in [0.2, 0.25) is 0 Å². The Morgan fingerprint density at radius 3 is 2.83 bits per heavy atom. The van der Waals surface area contributed by atoms with Crippen molar-refractivity contribution in [2.75, 3.05) is 5.32 Å². The molecular formula is C12H13N3O3. The van der Waals surface area contributed by atoms with Crippen molar-refractivity contribution in [3.8, 4) is 0 Å². The quantitative estimate of drug-likeness (QED) is 0.663. The molecule has 6 heteroatoms. The minimum absolute atomic E-state index is 0.00956. The van der Waals surface area contributed by atoms with Crippen LogP contribution in [0.15, 0.2) is 34.9 Å². The number of hydrogen-bond acceptors (Lipinski definition) is 5. The van der Waals surface area contributed by atoms with Crippen molar-refractivity contribution < 1.29 is 9.34 Å². The van der Waals surface area contributed by atoms with Gasteiger partial charge >= 0.3 is 0 Å². The summed E-state index contributed by atoms with van der Waals surface area (Å²) in [7, 11) is 0. The molecule has 0 fully saturated rings. The molecule has 1 unspecified atom stereocenters. The zero-order valence-corrected chi connectivity index (χ0v) is 10.1. The van der Waals surface area contributed by atoms with Gasteiger partial charge in [0.05, 0.1) is 17.0 Å². The van der Waals surface area contributed by atoms with Crippen molar-refractivity contribution in [1.82, 2.24) is 4.98 Å². The Labute approximate surface area is 104 Å². The molecule has 1 N–H and O–H groups in total. The lowest BCUT2D eigenvalue weighted by Gasteiger charge is -2.11. The molecule has 0 saturated carbocycles. The number of anilines is 1. The fourth-order valence-corrected chi connectivity index (χ4v) is 1.59. The summed E-state index contributed by atoms with van der Waals surface area (Å²) in [6, 6.07) is 6.38. The number of nitrogens with zero attached hydrogens (tertiary/aromatic N) is 2. The van der Waals surface area contributed by atoms with Crippen LogP contribution >= 0.6 is 0 Å². The molecule has 2 aromatic rings. The van der Waals surface area contributed by atoms with Crippen LogP contribution in [0.4, 0.5) is 11.5 Å². The lowest BCUT2D eigenvalue weighted by Crippen LogP contribution is -2.07. The van der Waals surface area contributed by atoms with E-state index in [2.05, 4.69) is 10.3 Å². The van der Waals surface area contributed by atoms with Gasteiger partial charge in [0.1, 0.15) is 17.3 Å². The number of aromatic nitrogens is 1. The van der Waals surface area contributed by atoms with E-state index < -0.39 is 4.92 Å². The van der Waals surface area contributed by atoms with Crippen molar-refractivity contribution in [2.45, 2.75) is 19.9 Å². The van der Waals surface area contributed by atoms with E-state index in [9.17, 15) is 10.1 Å². The number of nitrogens with one attached hydrogen (secondary N) is 1. The first-order valence-electron chi connectivity index (χ1n) is 5.49. The van der Waals surface area contributed by atoms with E-state index in [-0.39, 0.29) is 11.7 Å². The van der Waals surface area contributed by atoms with Crippen LogP contribution in [0.25, 0.3) is 0 Å². The monoisotopic (exact) mass is 247 g/mol. The van der Waals surface area contributed by atoms with Gasteiger partial charge in [-0.25, -0.2) is 4.98 Å². The second-order valence-electron chi connectivity index (χ2n) is 3.97. The number of rotatable bonds is 4. The van der Waals surface area contributed by atoms with Gasteiger partial charge in [0, 0.05) is 12.3 Å². The number of hydrogen-bond donors (Lipinski definition) is 1. The van der Waals surface area contributed by atoms with Gasteiger partial charge in [-0.3, -0.25) is 10.1 Å². The molecule has 1 atom stereocenters. The molecule has 0 amide bonds. The summed E-state index contributed by atoms with van der Waals surface area (Å²) in [6.45, 7) is 3.76. The van der Waals surface area contributed by atoms with Crippen molar-refractivity contribution in [2.24, 2.45) is 0 Å². The Kier molecular flexibility index (Phi) is 3.27. The van der Waals surface area contributed by atoms with E-state index in [1.807, 2.05) is 26.0 Å². The Morgan fingerprint density at radius 1 is 1.44 bits per heavy atom. The molecule has 0 aromatic carbocycles. The zero-order chi connectivity index (χ0) is 13.1. The average Bonchev–Trinajstić information content (AvgIpc) is 2.76. The van der Waals surface area contributed by atoms with E-state index in [0.29, 0.717) is 5.82 Å². The summed E-state index contributed by atoms with van der Waals surface area (Å²) < 4.78 is 5.47. The zero-order valence-electron chi connectivity index (χ0n) is 10.1. The molecule has 0 bridgehead atoms. The number of pyridine rings is 1. The van der Waals surface area contributed by atoms with Gasteiger partial charge in [-0.05, 0) is 26.0 Å². The molecule has 0 aliphatic heterocycles. The smallest absolute Gasteiger partial charge is 0.274 e. The summed E-state index contributed by atoms with van der Waals surface area (Å²) in [6.07, 6.45) is 1.40. The number of nitro groups is 1. The summed E-state index contributed by atoms with van der Waals surface area (Å²) in [5.41, 5.74) is 0.00956. The Hall–Kier alpha value is -2.37. The summed E-state index contributed by atoms with van der Waals surface area (Å²) in [5.74, 6) is 2.04. The lowest BCUT2D eigenvalue weighted by molar-refractivity contribution is -0.384. The topological polar surface area (TPSA) is 81.2 Å². The van der Waals surface area contributed by atoms with Gasteiger partial charge in [0.25, 0.3) is 5.69 Å². The maximum Gasteiger partial charge on any atom is 0.274 e. The third-order valence-corrected chi connectivity index (χ3v) is 2.51. The fraction of sp³-hybridized carbons (Fsp3) is 0.250. The van der Waals surface area contributed by atoms with Crippen LogP contribution in [0.3, 0.4) is 0 Å². The van der Waals surface area contributed by atoms with Crippen molar-refractivity contribution >= 4 is 11.5 Å². The SMILES string of the molecule is Cc1ccc(C(C)Nc2cc([N+](=O)[O-])ccn2)o1. The molecule has 0 radical (unpaired) electrons. The molecular weight excluding hydrogens is 234 g/mol. The van der Waals surface area contributed by atoms with Crippen LogP contribution in [0, 0.1) is 17.0 Å². The van der Waals surface area contributed by atoms with Gasteiger partial charge in [0.2, 0.25) is 0 Å². The minimum atomic E-state index is -0.450. The lowest BCUT2D eigenvalue weighted by atomic mass is 10.2. The highest BCUT2D eigenvalue weighted by Gasteiger charge is 2.12. The Bertz CT molecular complexity index is 565. The minimum Gasteiger partial charge on any atom is -0.464 e. The van der Waals surface area contributed by atoms with Crippen LogP contribution < -0.4 is 5.32 Å². The number of furan rings is 1. The first-order chi connectivity index (χ1) is 8.56. The summed E-state index contributed by atoms with van der Waals surface area (Å²) >= 11 is 0. The molecule has 0 saturated heterocycles. The van der Waals surface area contributed by atoms with E-state index in [0.717, 1.165) is 11.5 Å². The van der Waals surface area contributed by atoms with Gasteiger partial charge in [-0.15, -0.1) is 0 Å². The largest absolute Gasteiger partial charge is 0.464 e. The molecule has 2 rings (SSSR count). The fourth-order valence-electron chi connectivity index (χ4n) is 1.59. The Balaban J connectivity index is 2.14. The normalized spacial score (nSPS) is 12.1. The highest BCUT2D eigenvalue weighted by atomic mass is 16.6. The summed E-state index contributed by atoms with van der Waals surface area (Å²) in [4.78, 5) is 14.2. The Morgan fingerprint density at radius 2 is 2.22 bits per heavy atom. The van der Waals surface area contributed by atoms with Crippen molar-refractivity contribution in [3.05, 3.63) is 52.1 Å². The van der Waals surface area contributed by atoms with Crippen LogP contribution in [0.5, 0.6) is 0 Å². The predicted octanol–water partition coefficient (Wildman–Crippen LogP) is 3.06. The van der Waals surface area contributed by atoms with E-state index in [1.165, 1.54) is 18.3 Å². The van der Waals surface area contributed by atoms with Crippen molar-refractivity contribution in [1.29, 1.82) is 0 Å². The maximum atomic E-state index is 10.6. The van der Waals surface area contributed by atoms with Gasteiger partial charge in [0.15, 0.2) is 0 Å². The molecule has 2 aromatic heterocycles. The van der Waals surface area contributed by atoms with E-state index in [4.69, 9.17) is 4.42 Å². The van der Waals surface area contributed by atoms with Gasteiger partial charge in [-0.2, -0.15) is 0 Å². The predicted molar refractivity (Wildman–Crippen MR) is 66.4 cm³/mol. The van der Waals surface area contributed by atoms with E-state index >= 15 is 0 Å². The molecule has 18 heavy (non-hydrogen) atoms. The van der Waals surface area contributed by atoms with Gasteiger partial charge in [-0.1, -0.05) is 0 Å². The van der Waals surface area contributed by atoms with Crippen LogP contribution in [-0.2, 0) is 0 Å². The second-order valence-corrected chi connectivity index (χ2v) is 3.97. The van der Waals surface area contributed by atoms with Crippen LogP contribution in [0.1, 0.15) is 24.5 Å². The van der Waals surface area contributed by atoms with Gasteiger partial charge < -0.3 is 9.73 Å². The highest BCUT2D eigenvalue weighted by molar-refractivity contribution is 5.45. The van der Waals surface area contributed by atoms with E-state index in [1.54, 1.807) is 0 Å². The first kappa shape index (κ1) is 12.1. The molecule has 2 heterocycles. The maximum absolute atomic E-state index is 10.6. The summed E-state index contributed by atoms with van der Waals surface area (Å²) in [5, 5.41) is 13.7. The highest BCUT2D eigenvalue weighted by Crippen LogP contribution is 2.22. The number of aryl methyl sites for hydroxylation is 1. The molecule has 0 aliphatic carbocycles. The first-order valence-corrected chi connectivity index (χ1v) is 5.49. The molecule has 0 aliphatic rings.